The van der Waals surface area contributed by atoms with Gasteiger partial charge in [0.2, 0.25) is 5.91 Å². The highest BCUT2D eigenvalue weighted by Crippen LogP contribution is 2.23. The van der Waals surface area contributed by atoms with Crippen LogP contribution in [0, 0.1) is 27.7 Å². The van der Waals surface area contributed by atoms with Gasteiger partial charge in [0.05, 0.1) is 41.6 Å². The number of thiocarbonyl (C=S) groups is 1. The summed E-state index contributed by atoms with van der Waals surface area (Å²) in [5, 5.41) is 16.2. The predicted octanol–water partition coefficient (Wildman–Crippen LogP) is 4.03. The fourth-order valence-electron chi connectivity index (χ4n) is 4.67. The average molecular weight is 567 g/mol. The molecule has 2 aromatic heterocycles. The van der Waals surface area contributed by atoms with Crippen molar-refractivity contribution >= 4 is 40.7 Å². The third-order valence-corrected chi connectivity index (χ3v) is 7.31. The average Bonchev–Trinajstić information content (AvgIpc) is 3.42. The molecule has 12 heteroatoms. The van der Waals surface area contributed by atoms with Gasteiger partial charge in [0, 0.05) is 32.4 Å². The highest BCUT2D eigenvalue weighted by atomic mass is 32.1. The number of anilines is 2. The number of ether oxygens (including phenoxy) is 1. The van der Waals surface area contributed by atoms with E-state index in [0.717, 1.165) is 22.8 Å². The zero-order chi connectivity index (χ0) is 29.0. The van der Waals surface area contributed by atoms with E-state index in [1.54, 1.807) is 27.6 Å². The summed E-state index contributed by atoms with van der Waals surface area (Å²) in [5.74, 6) is -0.0505. The highest BCUT2D eigenvalue weighted by Gasteiger charge is 2.29. The number of carbonyl (C=O) groups excluding carboxylic acids is 2. The molecule has 1 aliphatic heterocycles. The fraction of sp³-hybridized carbons (Fsp3) is 0.464. The fourth-order valence-corrected chi connectivity index (χ4v) is 4.88. The summed E-state index contributed by atoms with van der Waals surface area (Å²) in [5.41, 5.74) is 6.53. The van der Waals surface area contributed by atoms with Gasteiger partial charge < -0.3 is 25.2 Å². The van der Waals surface area contributed by atoms with Gasteiger partial charge in [-0.2, -0.15) is 10.2 Å². The molecular formula is C28H38N8O3S. The van der Waals surface area contributed by atoms with Crippen LogP contribution in [0.25, 0.3) is 0 Å². The molecule has 4 rings (SSSR count). The van der Waals surface area contributed by atoms with Crippen molar-refractivity contribution in [1.82, 2.24) is 29.4 Å². The van der Waals surface area contributed by atoms with E-state index in [-0.39, 0.29) is 12.0 Å². The van der Waals surface area contributed by atoms with Crippen molar-refractivity contribution in [1.29, 1.82) is 0 Å². The first kappa shape index (κ1) is 29.1. The van der Waals surface area contributed by atoms with Crippen molar-refractivity contribution in [3.8, 4) is 0 Å². The number of hydrogen-bond acceptors (Lipinski definition) is 6. The molecule has 3 aromatic rings. The Kier molecular flexibility index (Phi) is 9.08. The standard InChI is InChI=1S/C28H38N8O3S/c1-7-39-28(38)34-14-12-33(13-15-34)26(37)22(6)36-17-24(19(3)31-36)29-27(40)30-25-20(4)32-35(21(25)5)16-23-10-8-18(2)9-11-23/h8-11,17,22H,7,12-16H2,1-6H3,(H2,29,30,40). The first-order chi connectivity index (χ1) is 19.1. The zero-order valence-corrected chi connectivity index (χ0v) is 24.8. The lowest BCUT2D eigenvalue weighted by Gasteiger charge is -2.35. The van der Waals surface area contributed by atoms with Crippen LogP contribution in [0.15, 0.2) is 30.5 Å². The van der Waals surface area contributed by atoms with Gasteiger partial charge in [0.15, 0.2) is 5.11 Å². The second-order valence-electron chi connectivity index (χ2n) is 10.1. The molecule has 2 amide bonds. The molecule has 1 saturated heterocycles. The van der Waals surface area contributed by atoms with E-state index in [1.165, 1.54) is 11.1 Å². The Balaban J connectivity index is 1.36. The molecule has 0 saturated carbocycles. The number of aryl methyl sites for hydroxylation is 3. The van der Waals surface area contributed by atoms with Crippen LogP contribution in [0.2, 0.25) is 0 Å². The molecule has 2 N–H and O–H groups in total. The van der Waals surface area contributed by atoms with Crippen molar-refractivity contribution in [2.45, 2.75) is 54.1 Å². The summed E-state index contributed by atoms with van der Waals surface area (Å²) in [7, 11) is 0. The summed E-state index contributed by atoms with van der Waals surface area (Å²) in [6.07, 6.45) is 1.45. The minimum absolute atomic E-state index is 0.0505. The van der Waals surface area contributed by atoms with Crippen LogP contribution >= 0.6 is 12.2 Å². The monoisotopic (exact) mass is 566 g/mol. The van der Waals surface area contributed by atoms with Crippen molar-refractivity contribution < 1.29 is 14.3 Å². The van der Waals surface area contributed by atoms with Gasteiger partial charge in [-0.3, -0.25) is 14.2 Å². The second kappa shape index (κ2) is 12.5. The van der Waals surface area contributed by atoms with E-state index in [9.17, 15) is 9.59 Å². The molecular weight excluding hydrogens is 528 g/mol. The maximum atomic E-state index is 13.2. The Labute approximate surface area is 240 Å². The van der Waals surface area contributed by atoms with Gasteiger partial charge in [-0.25, -0.2) is 4.79 Å². The Bertz CT molecular complexity index is 1370. The minimum Gasteiger partial charge on any atom is -0.450 e. The predicted molar refractivity (Wildman–Crippen MR) is 159 cm³/mol. The smallest absolute Gasteiger partial charge is 0.409 e. The van der Waals surface area contributed by atoms with Crippen LogP contribution < -0.4 is 10.6 Å². The molecule has 0 radical (unpaired) electrons. The molecule has 1 atom stereocenters. The van der Waals surface area contributed by atoms with Crippen LogP contribution in [0.4, 0.5) is 16.2 Å². The third-order valence-electron chi connectivity index (χ3n) is 7.11. The number of aromatic nitrogens is 4. The quantitative estimate of drug-likeness (QED) is 0.413. The van der Waals surface area contributed by atoms with Gasteiger partial charge in [-0.1, -0.05) is 29.8 Å². The SMILES string of the molecule is CCOC(=O)N1CCN(C(=O)C(C)n2cc(NC(=S)Nc3c(C)nn(Cc4ccc(C)cc4)c3C)c(C)n2)CC1. The number of benzene rings is 1. The Morgan fingerprint density at radius 3 is 2.27 bits per heavy atom. The lowest BCUT2D eigenvalue weighted by atomic mass is 10.1. The maximum Gasteiger partial charge on any atom is 0.409 e. The number of nitrogens with zero attached hydrogens (tertiary/aromatic N) is 6. The van der Waals surface area contributed by atoms with Gasteiger partial charge in [0.25, 0.3) is 0 Å². The molecule has 0 bridgehead atoms. The van der Waals surface area contributed by atoms with Crippen molar-refractivity contribution in [3.63, 3.8) is 0 Å². The van der Waals surface area contributed by atoms with Crippen molar-refractivity contribution in [2.75, 3.05) is 43.4 Å². The Morgan fingerprint density at radius 1 is 0.975 bits per heavy atom. The van der Waals surface area contributed by atoms with E-state index in [0.29, 0.717) is 50.1 Å². The molecule has 1 unspecified atom stereocenters. The van der Waals surface area contributed by atoms with E-state index >= 15 is 0 Å². The topological polar surface area (TPSA) is 110 Å². The van der Waals surface area contributed by atoms with E-state index in [4.69, 9.17) is 22.1 Å². The third kappa shape index (κ3) is 6.61. The number of carbonyl (C=O) groups is 2. The van der Waals surface area contributed by atoms with E-state index in [1.807, 2.05) is 32.4 Å². The Morgan fingerprint density at radius 2 is 1.62 bits per heavy atom. The first-order valence-electron chi connectivity index (χ1n) is 13.5. The van der Waals surface area contributed by atoms with Crippen LogP contribution in [0.1, 0.15) is 48.1 Å². The molecule has 1 fully saturated rings. The molecule has 40 heavy (non-hydrogen) atoms. The summed E-state index contributed by atoms with van der Waals surface area (Å²) < 4.78 is 8.68. The molecule has 214 valence electrons. The van der Waals surface area contributed by atoms with Gasteiger partial charge in [-0.15, -0.1) is 0 Å². The lowest BCUT2D eigenvalue weighted by molar-refractivity contribution is -0.136. The zero-order valence-electron chi connectivity index (χ0n) is 24.0. The highest BCUT2D eigenvalue weighted by molar-refractivity contribution is 7.80. The minimum atomic E-state index is -0.505. The number of nitrogens with one attached hydrogen (secondary N) is 2. The van der Waals surface area contributed by atoms with Crippen molar-refractivity contribution in [2.24, 2.45) is 0 Å². The summed E-state index contributed by atoms with van der Waals surface area (Å²) >= 11 is 5.62. The normalized spacial score (nSPS) is 14.2. The molecule has 0 spiro atoms. The second-order valence-corrected chi connectivity index (χ2v) is 10.5. The van der Waals surface area contributed by atoms with Gasteiger partial charge in [-0.05, 0) is 59.3 Å². The van der Waals surface area contributed by atoms with E-state index in [2.05, 4.69) is 46.9 Å². The summed E-state index contributed by atoms with van der Waals surface area (Å²) in [4.78, 5) is 28.5. The number of hydrogen-bond donors (Lipinski definition) is 2. The van der Waals surface area contributed by atoms with Crippen LogP contribution in [-0.4, -0.2) is 79.3 Å². The van der Waals surface area contributed by atoms with Gasteiger partial charge in [0.1, 0.15) is 6.04 Å². The number of piperazine rings is 1. The van der Waals surface area contributed by atoms with Crippen LogP contribution in [0.5, 0.6) is 0 Å². The molecule has 3 heterocycles. The molecule has 11 nitrogen and oxygen atoms in total. The van der Waals surface area contributed by atoms with Gasteiger partial charge >= 0.3 is 6.09 Å². The Hall–Kier alpha value is -3.93. The summed E-state index contributed by atoms with van der Waals surface area (Å²) in [6.45, 7) is 14.3. The number of amides is 2. The maximum absolute atomic E-state index is 13.2. The van der Waals surface area contributed by atoms with Crippen LogP contribution in [0.3, 0.4) is 0 Å². The first-order valence-corrected chi connectivity index (χ1v) is 13.9. The summed E-state index contributed by atoms with van der Waals surface area (Å²) in [6, 6.07) is 7.92. The van der Waals surface area contributed by atoms with Crippen LogP contribution in [-0.2, 0) is 16.1 Å². The molecule has 1 aromatic carbocycles. The molecule has 1 aliphatic rings. The molecule has 0 aliphatic carbocycles. The van der Waals surface area contributed by atoms with E-state index < -0.39 is 6.04 Å². The number of rotatable bonds is 7. The van der Waals surface area contributed by atoms with Crippen molar-refractivity contribution in [3.05, 3.63) is 58.7 Å². The lowest BCUT2D eigenvalue weighted by Crippen LogP contribution is -2.52. The largest absolute Gasteiger partial charge is 0.450 e.